The average Bonchev–Trinajstić information content (AvgIpc) is 2.20. The third kappa shape index (κ3) is 1.99. The van der Waals surface area contributed by atoms with E-state index in [4.69, 9.17) is 17.3 Å². The second-order valence-corrected chi connectivity index (χ2v) is 3.46. The van der Waals surface area contributed by atoms with Gasteiger partial charge in [-0.25, -0.2) is 9.78 Å². The molecule has 0 aliphatic carbocycles. The van der Waals surface area contributed by atoms with Crippen molar-refractivity contribution in [2.45, 2.75) is 0 Å². The van der Waals surface area contributed by atoms with E-state index in [2.05, 4.69) is 9.97 Å². The molecule has 0 atom stereocenters. The summed E-state index contributed by atoms with van der Waals surface area (Å²) in [5.41, 5.74) is 6.76. The number of hydrogen-bond acceptors (Lipinski definition) is 3. The number of anilines is 1. The molecule has 0 aliphatic heterocycles. The number of hydrogen-bond donors (Lipinski definition) is 2. The molecule has 5 heteroatoms. The molecule has 0 unspecified atom stereocenters. The van der Waals surface area contributed by atoms with Crippen molar-refractivity contribution in [3.05, 3.63) is 46.0 Å². The van der Waals surface area contributed by atoms with Crippen molar-refractivity contribution >= 4 is 17.4 Å². The van der Waals surface area contributed by atoms with Gasteiger partial charge in [0.25, 0.3) is 0 Å². The summed E-state index contributed by atoms with van der Waals surface area (Å²) < 4.78 is 0. The maximum Gasteiger partial charge on any atom is 0.346 e. The summed E-state index contributed by atoms with van der Waals surface area (Å²) in [5.74, 6) is 0.303. The Kier molecular flexibility index (Phi) is 2.43. The highest BCUT2D eigenvalue weighted by molar-refractivity contribution is 6.30. The molecule has 0 bridgehead atoms. The number of benzene rings is 1. The molecule has 1 aromatic heterocycles. The van der Waals surface area contributed by atoms with Gasteiger partial charge in [-0.15, -0.1) is 0 Å². The number of halogens is 1. The Labute approximate surface area is 90.7 Å². The molecule has 0 aliphatic rings. The van der Waals surface area contributed by atoms with E-state index in [1.54, 1.807) is 12.1 Å². The van der Waals surface area contributed by atoms with Gasteiger partial charge in [-0.1, -0.05) is 23.7 Å². The number of aromatic amines is 1. The van der Waals surface area contributed by atoms with Crippen molar-refractivity contribution < 1.29 is 0 Å². The highest BCUT2D eigenvalue weighted by atomic mass is 35.5. The van der Waals surface area contributed by atoms with Crippen LogP contribution in [-0.2, 0) is 0 Å². The van der Waals surface area contributed by atoms with Crippen LogP contribution in [-0.4, -0.2) is 9.97 Å². The molecule has 1 heterocycles. The second-order valence-electron chi connectivity index (χ2n) is 3.02. The summed E-state index contributed by atoms with van der Waals surface area (Å²) in [6, 6.07) is 7.13. The minimum absolute atomic E-state index is 0.303. The number of aromatic nitrogens is 2. The molecular weight excluding hydrogens is 214 g/mol. The summed E-state index contributed by atoms with van der Waals surface area (Å²) in [4.78, 5) is 16.9. The zero-order chi connectivity index (χ0) is 10.8. The Bertz CT molecular complexity index is 533. The smallest absolute Gasteiger partial charge is 0.346 e. The van der Waals surface area contributed by atoms with Crippen molar-refractivity contribution in [2.24, 2.45) is 0 Å². The van der Waals surface area contributed by atoms with Gasteiger partial charge in [-0.05, 0) is 17.7 Å². The summed E-state index contributed by atoms with van der Waals surface area (Å²) in [6.07, 6.45) is 1.44. The van der Waals surface area contributed by atoms with Crippen LogP contribution in [0, 0.1) is 0 Å². The number of nitrogens with two attached hydrogens (primary N) is 1. The molecule has 1 aromatic carbocycles. The molecule has 0 spiro atoms. The van der Waals surface area contributed by atoms with Crippen LogP contribution >= 0.6 is 11.6 Å². The topological polar surface area (TPSA) is 71.8 Å². The quantitative estimate of drug-likeness (QED) is 0.770. The third-order valence-corrected chi connectivity index (χ3v) is 2.25. The van der Waals surface area contributed by atoms with E-state index >= 15 is 0 Å². The van der Waals surface area contributed by atoms with Crippen LogP contribution in [0.3, 0.4) is 0 Å². The molecule has 0 radical (unpaired) electrons. The van der Waals surface area contributed by atoms with Crippen LogP contribution in [0.4, 0.5) is 5.82 Å². The van der Waals surface area contributed by atoms with Crippen LogP contribution in [0.25, 0.3) is 11.1 Å². The third-order valence-electron chi connectivity index (χ3n) is 2.00. The Morgan fingerprint density at radius 1 is 1.27 bits per heavy atom. The first-order valence-corrected chi connectivity index (χ1v) is 4.65. The molecule has 0 fully saturated rings. The first kappa shape index (κ1) is 9.73. The van der Waals surface area contributed by atoms with E-state index in [9.17, 15) is 4.79 Å². The van der Waals surface area contributed by atoms with Gasteiger partial charge in [0.2, 0.25) is 0 Å². The predicted molar refractivity (Wildman–Crippen MR) is 59.7 cm³/mol. The van der Waals surface area contributed by atoms with Gasteiger partial charge in [0.15, 0.2) is 0 Å². The molecule has 2 aromatic rings. The molecule has 0 saturated heterocycles. The Hall–Kier alpha value is -1.81. The van der Waals surface area contributed by atoms with E-state index in [-0.39, 0.29) is 0 Å². The van der Waals surface area contributed by atoms with Gasteiger partial charge >= 0.3 is 5.69 Å². The summed E-state index contributed by atoms with van der Waals surface area (Å²) >= 11 is 5.76. The van der Waals surface area contributed by atoms with Gasteiger partial charge < -0.3 is 5.73 Å². The van der Waals surface area contributed by atoms with Crippen molar-refractivity contribution in [2.75, 3.05) is 5.73 Å². The molecule has 0 saturated carbocycles. The van der Waals surface area contributed by atoms with Crippen LogP contribution in [0.2, 0.25) is 5.02 Å². The Balaban J connectivity index is 2.54. The second kappa shape index (κ2) is 3.74. The monoisotopic (exact) mass is 221 g/mol. The van der Waals surface area contributed by atoms with Crippen molar-refractivity contribution in [1.82, 2.24) is 9.97 Å². The number of H-pyrrole nitrogens is 1. The summed E-state index contributed by atoms with van der Waals surface area (Å²) in [6.45, 7) is 0. The van der Waals surface area contributed by atoms with Crippen molar-refractivity contribution in [1.29, 1.82) is 0 Å². The fraction of sp³-hybridized carbons (Fsp3) is 0. The highest BCUT2D eigenvalue weighted by Crippen LogP contribution is 2.23. The zero-order valence-corrected chi connectivity index (χ0v) is 8.45. The molecule has 4 nitrogen and oxygen atoms in total. The number of nitrogens with one attached hydrogen (secondary N) is 1. The average molecular weight is 222 g/mol. The lowest BCUT2D eigenvalue weighted by atomic mass is 10.1. The first-order chi connectivity index (χ1) is 7.16. The number of rotatable bonds is 1. The zero-order valence-electron chi connectivity index (χ0n) is 7.70. The molecule has 0 amide bonds. The normalized spacial score (nSPS) is 10.2. The minimum atomic E-state index is -0.454. The SMILES string of the molecule is Nc1[nH]c(=O)ncc1-c1ccc(Cl)cc1. The lowest BCUT2D eigenvalue weighted by Crippen LogP contribution is -2.12. The number of nitrogens with zero attached hydrogens (tertiary/aromatic N) is 1. The maximum absolute atomic E-state index is 10.9. The fourth-order valence-electron chi connectivity index (χ4n) is 1.27. The van der Waals surface area contributed by atoms with Gasteiger partial charge in [-0.3, -0.25) is 4.98 Å². The van der Waals surface area contributed by atoms with Crippen LogP contribution in [0.5, 0.6) is 0 Å². The van der Waals surface area contributed by atoms with Crippen LogP contribution in [0.1, 0.15) is 0 Å². The molecule has 15 heavy (non-hydrogen) atoms. The van der Waals surface area contributed by atoms with Crippen molar-refractivity contribution in [3.63, 3.8) is 0 Å². The fourth-order valence-corrected chi connectivity index (χ4v) is 1.39. The molecular formula is C10H8ClN3O. The van der Waals surface area contributed by atoms with E-state index in [0.29, 0.717) is 16.4 Å². The Morgan fingerprint density at radius 3 is 2.53 bits per heavy atom. The van der Waals surface area contributed by atoms with Crippen LogP contribution < -0.4 is 11.4 Å². The van der Waals surface area contributed by atoms with E-state index in [1.165, 1.54) is 6.20 Å². The van der Waals surface area contributed by atoms with E-state index in [0.717, 1.165) is 5.56 Å². The van der Waals surface area contributed by atoms with Crippen LogP contribution in [0.15, 0.2) is 35.3 Å². The highest BCUT2D eigenvalue weighted by Gasteiger charge is 2.03. The standard InChI is InChI=1S/C10H8ClN3O/c11-7-3-1-6(2-4-7)8-5-13-10(15)14-9(8)12/h1-5H,(H3,12,13,14,15). The first-order valence-electron chi connectivity index (χ1n) is 4.27. The van der Waals surface area contributed by atoms with Gasteiger partial charge in [0.05, 0.1) is 0 Å². The molecule has 2 rings (SSSR count). The lowest BCUT2D eigenvalue weighted by Gasteiger charge is -2.03. The van der Waals surface area contributed by atoms with Gasteiger partial charge in [-0.2, -0.15) is 0 Å². The summed E-state index contributed by atoms with van der Waals surface area (Å²) in [5, 5.41) is 0.648. The molecule has 3 N–H and O–H groups in total. The van der Waals surface area contributed by atoms with Gasteiger partial charge in [0.1, 0.15) is 5.82 Å². The summed E-state index contributed by atoms with van der Waals surface area (Å²) in [7, 11) is 0. The van der Waals surface area contributed by atoms with Gasteiger partial charge in [0, 0.05) is 16.8 Å². The Morgan fingerprint density at radius 2 is 1.93 bits per heavy atom. The van der Waals surface area contributed by atoms with E-state index < -0.39 is 5.69 Å². The largest absolute Gasteiger partial charge is 0.385 e. The number of nitrogen functional groups attached to an aromatic ring is 1. The van der Waals surface area contributed by atoms with Crippen molar-refractivity contribution in [3.8, 4) is 11.1 Å². The van der Waals surface area contributed by atoms with E-state index in [1.807, 2.05) is 12.1 Å². The minimum Gasteiger partial charge on any atom is -0.385 e. The maximum atomic E-state index is 10.9. The lowest BCUT2D eigenvalue weighted by molar-refractivity contribution is 1.09. The molecule has 76 valence electrons. The predicted octanol–water partition coefficient (Wildman–Crippen LogP) is 1.67.